The zero-order chi connectivity index (χ0) is 20.5. The molecule has 0 fully saturated rings. The quantitative estimate of drug-likeness (QED) is 0.656. The first kappa shape index (κ1) is 18.7. The summed E-state index contributed by atoms with van der Waals surface area (Å²) in [6.07, 6.45) is 5.68. The number of carbonyl (C=O) groups excluding carboxylic acids is 2. The van der Waals surface area contributed by atoms with Crippen LogP contribution >= 0.6 is 0 Å². The summed E-state index contributed by atoms with van der Waals surface area (Å²) >= 11 is 0. The molecule has 6 nitrogen and oxygen atoms in total. The Bertz CT molecular complexity index is 1120. The Kier molecular flexibility index (Phi) is 4.91. The Morgan fingerprint density at radius 2 is 1.97 bits per heavy atom. The summed E-state index contributed by atoms with van der Waals surface area (Å²) in [5, 5.41) is 3.89. The Labute approximate surface area is 174 Å². The van der Waals surface area contributed by atoms with Gasteiger partial charge in [0.25, 0.3) is 5.91 Å². The second kappa shape index (κ2) is 7.86. The zero-order valence-electron chi connectivity index (χ0n) is 16.6. The first-order chi connectivity index (χ1) is 14.7. The van der Waals surface area contributed by atoms with Gasteiger partial charge in [-0.2, -0.15) is 0 Å². The van der Waals surface area contributed by atoms with Crippen molar-refractivity contribution >= 4 is 22.8 Å². The van der Waals surface area contributed by atoms with E-state index in [1.807, 2.05) is 24.3 Å². The molecule has 0 spiro atoms. The monoisotopic (exact) mass is 405 g/mol. The number of carbonyl (C=O) groups is 2. The third-order valence-electron chi connectivity index (χ3n) is 5.86. The smallest absolute Gasteiger partial charge is 0.310 e. The van der Waals surface area contributed by atoms with E-state index in [4.69, 9.17) is 13.9 Å². The van der Waals surface area contributed by atoms with Crippen LogP contribution in [0.5, 0.6) is 5.75 Å². The molecule has 1 aliphatic heterocycles. The van der Waals surface area contributed by atoms with Gasteiger partial charge in [-0.3, -0.25) is 9.59 Å². The maximum atomic E-state index is 12.3. The predicted molar refractivity (Wildman–Crippen MR) is 110 cm³/mol. The fourth-order valence-corrected chi connectivity index (χ4v) is 4.37. The van der Waals surface area contributed by atoms with Gasteiger partial charge in [-0.25, -0.2) is 0 Å². The molecule has 2 aromatic carbocycles. The fourth-order valence-electron chi connectivity index (χ4n) is 4.37. The van der Waals surface area contributed by atoms with Crippen molar-refractivity contribution in [1.82, 2.24) is 5.32 Å². The summed E-state index contributed by atoms with van der Waals surface area (Å²) in [5.41, 5.74) is 5.20. The molecule has 3 aromatic rings. The largest absolute Gasteiger partial charge is 0.493 e. The van der Waals surface area contributed by atoms with E-state index < -0.39 is 5.97 Å². The molecular formula is C24H23NO5. The zero-order valence-corrected chi connectivity index (χ0v) is 16.6. The molecule has 154 valence electrons. The Balaban J connectivity index is 1.18. The molecule has 30 heavy (non-hydrogen) atoms. The van der Waals surface area contributed by atoms with Crippen LogP contribution in [0.25, 0.3) is 11.0 Å². The number of ether oxygens (including phenoxy) is 2. The van der Waals surface area contributed by atoms with Gasteiger partial charge >= 0.3 is 5.97 Å². The van der Waals surface area contributed by atoms with E-state index in [0.29, 0.717) is 13.0 Å². The molecule has 1 atom stereocenters. The lowest BCUT2D eigenvalue weighted by Crippen LogP contribution is -2.35. The van der Waals surface area contributed by atoms with E-state index >= 15 is 0 Å². The normalized spacial score (nSPS) is 17.1. The highest BCUT2D eigenvalue weighted by molar-refractivity contribution is 5.88. The number of aryl methyl sites for hydroxylation is 2. The molecule has 0 saturated heterocycles. The average molecular weight is 405 g/mol. The van der Waals surface area contributed by atoms with Crippen LogP contribution in [0.1, 0.15) is 41.1 Å². The standard InChI is InChI=1S/C24H23NO5/c26-23(25-20-8-9-28-21-7-2-1-6-18(20)21)14-30-24(27)12-17-13-29-22-11-16-5-3-4-15(16)10-19(17)22/h1-2,6-7,10-11,13,20H,3-5,8-9,12,14H2,(H,25,26). The second-order valence-electron chi connectivity index (χ2n) is 7.86. The number of hydrogen-bond donors (Lipinski definition) is 1. The first-order valence-corrected chi connectivity index (χ1v) is 10.4. The minimum atomic E-state index is -0.444. The fraction of sp³-hybridized carbons (Fsp3) is 0.333. The third-order valence-corrected chi connectivity index (χ3v) is 5.86. The van der Waals surface area contributed by atoms with E-state index in [0.717, 1.165) is 47.1 Å². The van der Waals surface area contributed by atoms with Crippen LogP contribution < -0.4 is 10.1 Å². The molecule has 0 radical (unpaired) electrons. The second-order valence-corrected chi connectivity index (χ2v) is 7.86. The number of fused-ring (bicyclic) bond motifs is 3. The average Bonchev–Trinajstić information content (AvgIpc) is 3.37. The number of hydrogen-bond acceptors (Lipinski definition) is 5. The highest BCUT2D eigenvalue weighted by Gasteiger charge is 2.23. The molecule has 1 unspecified atom stereocenters. The lowest BCUT2D eigenvalue weighted by atomic mass is 10.0. The number of amides is 1. The van der Waals surface area contributed by atoms with Crippen LogP contribution in [-0.2, 0) is 33.6 Å². The van der Waals surface area contributed by atoms with Crippen molar-refractivity contribution in [3.05, 3.63) is 64.9 Å². The van der Waals surface area contributed by atoms with E-state index in [-0.39, 0.29) is 25.0 Å². The van der Waals surface area contributed by atoms with Crippen molar-refractivity contribution < 1.29 is 23.5 Å². The van der Waals surface area contributed by atoms with Gasteiger partial charge in [0.05, 0.1) is 25.3 Å². The number of nitrogens with one attached hydrogen (secondary N) is 1. The van der Waals surface area contributed by atoms with E-state index in [9.17, 15) is 9.59 Å². The summed E-state index contributed by atoms with van der Waals surface area (Å²) in [6.45, 7) is 0.239. The van der Waals surface area contributed by atoms with Gasteiger partial charge in [0, 0.05) is 22.9 Å². The van der Waals surface area contributed by atoms with E-state index in [1.165, 1.54) is 11.1 Å². The van der Waals surface area contributed by atoms with E-state index in [1.54, 1.807) is 6.26 Å². The topological polar surface area (TPSA) is 77.8 Å². The summed E-state index contributed by atoms with van der Waals surface area (Å²) in [7, 11) is 0. The highest BCUT2D eigenvalue weighted by atomic mass is 16.5. The number of furan rings is 1. The predicted octanol–water partition coefficient (Wildman–Crippen LogP) is 3.65. The van der Waals surface area contributed by atoms with E-state index in [2.05, 4.69) is 17.4 Å². The summed E-state index contributed by atoms with van der Waals surface area (Å²) in [5.74, 6) is 0.0185. The Morgan fingerprint density at radius 1 is 1.13 bits per heavy atom. The minimum absolute atomic E-state index is 0.0825. The molecule has 2 heterocycles. The molecule has 2 aliphatic rings. The van der Waals surface area contributed by atoms with Gasteiger partial charge in [-0.1, -0.05) is 18.2 Å². The third kappa shape index (κ3) is 3.65. The molecule has 1 aromatic heterocycles. The maximum absolute atomic E-state index is 12.3. The van der Waals surface area contributed by atoms with Crippen molar-refractivity contribution in [2.75, 3.05) is 13.2 Å². The van der Waals surface area contributed by atoms with Crippen molar-refractivity contribution in [2.24, 2.45) is 0 Å². The van der Waals surface area contributed by atoms with Crippen molar-refractivity contribution in [3.8, 4) is 5.75 Å². The number of rotatable bonds is 5. The first-order valence-electron chi connectivity index (χ1n) is 10.4. The summed E-state index contributed by atoms with van der Waals surface area (Å²) < 4.78 is 16.5. The van der Waals surface area contributed by atoms with Gasteiger partial charge < -0.3 is 19.2 Å². The van der Waals surface area contributed by atoms with Crippen LogP contribution in [0, 0.1) is 0 Å². The van der Waals surface area contributed by atoms with Crippen LogP contribution in [0.3, 0.4) is 0 Å². The Morgan fingerprint density at radius 3 is 2.87 bits per heavy atom. The molecule has 0 saturated carbocycles. The van der Waals surface area contributed by atoms with Gasteiger partial charge in [0.1, 0.15) is 11.3 Å². The van der Waals surface area contributed by atoms with Crippen LogP contribution in [0.2, 0.25) is 0 Å². The molecule has 1 amide bonds. The lowest BCUT2D eigenvalue weighted by Gasteiger charge is -2.26. The van der Waals surface area contributed by atoms with Crippen LogP contribution in [-0.4, -0.2) is 25.1 Å². The van der Waals surface area contributed by atoms with Gasteiger partial charge in [0.2, 0.25) is 0 Å². The van der Waals surface area contributed by atoms with Crippen molar-refractivity contribution in [1.29, 1.82) is 0 Å². The molecule has 0 bridgehead atoms. The molecule has 1 aliphatic carbocycles. The molecule has 6 heteroatoms. The summed E-state index contributed by atoms with van der Waals surface area (Å²) in [6, 6.07) is 11.7. The SMILES string of the molecule is O=C(COC(=O)Cc1coc2cc3c(cc12)CCC3)NC1CCOc2ccccc21. The molecular weight excluding hydrogens is 382 g/mol. The Hall–Kier alpha value is -3.28. The molecule has 5 rings (SSSR count). The number of benzene rings is 2. The maximum Gasteiger partial charge on any atom is 0.310 e. The molecule has 1 N–H and O–H groups in total. The highest BCUT2D eigenvalue weighted by Crippen LogP contribution is 2.32. The lowest BCUT2D eigenvalue weighted by molar-refractivity contribution is -0.148. The van der Waals surface area contributed by atoms with Crippen LogP contribution in [0.4, 0.5) is 0 Å². The minimum Gasteiger partial charge on any atom is -0.493 e. The number of para-hydroxylation sites is 1. The van der Waals surface area contributed by atoms with Gasteiger partial charge in [-0.15, -0.1) is 0 Å². The number of esters is 1. The van der Waals surface area contributed by atoms with Crippen molar-refractivity contribution in [3.63, 3.8) is 0 Å². The van der Waals surface area contributed by atoms with Crippen LogP contribution in [0.15, 0.2) is 47.1 Å². The summed E-state index contributed by atoms with van der Waals surface area (Å²) in [4.78, 5) is 24.6. The van der Waals surface area contributed by atoms with Crippen molar-refractivity contribution in [2.45, 2.75) is 38.1 Å². The van der Waals surface area contributed by atoms with Gasteiger partial charge in [0.15, 0.2) is 6.61 Å². The van der Waals surface area contributed by atoms with Gasteiger partial charge in [-0.05, 0) is 48.6 Å².